The zero-order chi connectivity index (χ0) is 14.3. The minimum Gasteiger partial charge on any atom is -0.313 e. The third-order valence-electron chi connectivity index (χ3n) is 3.51. The summed E-state index contributed by atoms with van der Waals surface area (Å²) in [6, 6.07) is 9.71. The van der Waals surface area contributed by atoms with E-state index in [9.17, 15) is 0 Å². The molecule has 2 heteroatoms. The van der Waals surface area contributed by atoms with Gasteiger partial charge in [0.2, 0.25) is 0 Å². The van der Waals surface area contributed by atoms with Crippen LogP contribution in [0.15, 0.2) is 29.2 Å². The maximum absolute atomic E-state index is 3.60. The number of thioether (sulfide) groups is 1. The van der Waals surface area contributed by atoms with Gasteiger partial charge in [-0.3, -0.25) is 0 Å². The summed E-state index contributed by atoms with van der Waals surface area (Å²) in [6.45, 7) is 12.4. The quantitative estimate of drug-likeness (QED) is 0.565. The molecule has 19 heavy (non-hydrogen) atoms. The molecule has 0 radical (unpaired) electrons. The van der Waals surface area contributed by atoms with Crippen LogP contribution in [0.4, 0.5) is 0 Å². The first-order chi connectivity index (χ1) is 8.97. The van der Waals surface area contributed by atoms with Crippen LogP contribution in [0.3, 0.4) is 0 Å². The number of rotatable bonds is 7. The summed E-state index contributed by atoms with van der Waals surface area (Å²) in [5.41, 5.74) is 1.66. The molecule has 0 saturated heterocycles. The van der Waals surface area contributed by atoms with Gasteiger partial charge in [-0.2, -0.15) is 0 Å². The van der Waals surface area contributed by atoms with E-state index in [1.165, 1.54) is 23.3 Å². The van der Waals surface area contributed by atoms with Crippen molar-refractivity contribution in [2.75, 3.05) is 12.3 Å². The Kier molecular flexibility index (Phi) is 6.95. The van der Waals surface area contributed by atoms with Crippen molar-refractivity contribution < 1.29 is 0 Å². The Balaban J connectivity index is 2.34. The van der Waals surface area contributed by atoms with Gasteiger partial charge in [-0.1, -0.05) is 46.8 Å². The van der Waals surface area contributed by atoms with Crippen molar-refractivity contribution in [2.45, 2.75) is 63.8 Å². The molecular formula is C17H29NS. The Morgan fingerprint density at radius 2 is 1.63 bits per heavy atom. The van der Waals surface area contributed by atoms with Gasteiger partial charge in [0.05, 0.1) is 0 Å². The highest BCUT2D eigenvalue weighted by atomic mass is 32.2. The topological polar surface area (TPSA) is 12.0 Å². The van der Waals surface area contributed by atoms with Crippen molar-refractivity contribution in [3.8, 4) is 0 Å². The normalized spacial score (nSPS) is 12.1. The van der Waals surface area contributed by atoms with Crippen LogP contribution in [0.1, 0.15) is 53.0 Å². The van der Waals surface area contributed by atoms with Crippen molar-refractivity contribution in [1.29, 1.82) is 0 Å². The Labute approximate surface area is 123 Å². The highest BCUT2D eigenvalue weighted by molar-refractivity contribution is 7.99. The first kappa shape index (κ1) is 16.6. The molecule has 1 aromatic rings. The molecule has 0 fully saturated rings. The second kappa shape index (κ2) is 7.96. The third-order valence-corrected chi connectivity index (χ3v) is 4.52. The van der Waals surface area contributed by atoms with Crippen LogP contribution >= 0.6 is 11.8 Å². The van der Waals surface area contributed by atoms with Crippen LogP contribution in [-0.2, 0) is 5.41 Å². The van der Waals surface area contributed by atoms with Crippen LogP contribution in [-0.4, -0.2) is 18.3 Å². The zero-order valence-corrected chi connectivity index (χ0v) is 13.9. The number of hydrogen-bond acceptors (Lipinski definition) is 2. The Morgan fingerprint density at radius 1 is 1.05 bits per heavy atom. The molecule has 0 amide bonds. The van der Waals surface area contributed by atoms with E-state index in [4.69, 9.17) is 0 Å². The van der Waals surface area contributed by atoms with E-state index in [-0.39, 0.29) is 5.41 Å². The Bertz CT molecular complexity index is 347. The van der Waals surface area contributed by atoms with E-state index in [2.05, 4.69) is 64.2 Å². The molecule has 0 heterocycles. The van der Waals surface area contributed by atoms with Crippen LogP contribution < -0.4 is 5.32 Å². The standard InChI is InChI=1S/C17H29NS/c1-6-15(7-2)18-12-13-19-16-10-8-14(9-11-16)17(3,4)5/h8-11,15,18H,6-7,12-13H2,1-5H3. The van der Waals surface area contributed by atoms with E-state index in [1.54, 1.807) is 0 Å². The summed E-state index contributed by atoms with van der Waals surface area (Å²) in [4.78, 5) is 1.37. The zero-order valence-electron chi connectivity index (χ0n) is 13.1. The lowest BCUT2D eigenvalue weighted by Gasteiger charge is -2.19. The van der Waals surface area contributed by atoms with Crippen LogP contribution in [0.2, 0.25) is 0 Å². The van der Waals surface area contributed by atoms with Crippen LogP contribution in [0, 0.1) is 0 Å². The Morgan fingerprint density at radius 3 is 2.11 bits per heavy atom. The van der Waals surface area contributed by atoms with Crippen molar-refractivity contribution >= 4 is 11.8 Å². The Hall–Kier alpha value is -0.470. The summed E-state index contributed by atoms with van der Waals surface area (Å²) in [6.07, 6.45) is 2.45. The number of nitrogens with one attached hydrogen (secondary N) is 1. The highest BCUT2D eigenvalue weighted by Crippen LogP contribution is 2.25. The monoisotopic (exact) mass is 279 g/mol. The first-order valence-corrected chi connectivity index (χ1v) is 8.42. The molecule has 0 atom stereocenters. The molecule has 0 aliphatic carbocycles. The number of benzene rings is 1. The number of hydrogen-bond donors (Lipinski definition) is 1. The summed E-state index contributed by atoms with van der Waals surface area (Å²) in [5, 5.41) is 3.60. The van der Waals surface area contributed by atoms with Gasteiger partial charge < -0.3 is 5.32 Å². The molecule has 0 aliphatic heterocycles. The van der Waals surface area contributed by atoms with Gasteiger partial charge in [-0.25, -0.2) is 0 Å². The molecule has 0 saturated carbocycles. The molecule has 0 aliphatic rings. The molecule has 0 unspecified atom stereocenters. The van der Waals surface area contributed by atoms with Gasteiger partial charge in [0.15, 0.2) is 0 Å². The fourth-order valence-electron chi connectivity index (χ4n) is 2.06. The summed E-state index contributed by atoms with van der Waals surface area (Å²) in [7, 11) is 0. The molecular weight excluding hydrogens is 250 g/mol. The largest absolute Gasteiger partial charge is 0.313 e. The van der Waals surface area contributed by atoms with Crippen molar-refractivity contribution in [3.05, 3.63) is 29.8 Å². The van der Waals surface area contributed by atoms with E-state index >= 15 is 0 Å². The fraction of sp³-hybridized carbons (Fsp3) is 0.647. The van der Waals surface area contributed by atoms with E-state index in [1.807, 2.05) is 11.8 Å². The van der Waals surface area contributed by atoms with E-state index in [0.717, 1.165) is 12.3 Å². The van der Waals surface area contributed by atoms with Crippen molar-refractivity contribution in [3.63, 3.8) is 0 Å². The molecule has 1 rings (SSSR count). The SMILES string of the molecule is CCC(CC)NCCSc1ccc(C(C)(C)C)cc1. The molecule has 1 aromatic carbocycles. The van der Waals surface area contributed by atoms with E-state index < -0.39 is 0 Å². The highest BCUT2D eigenvalue weighted by Gasteiger charge is 2.12. The van der Waals surface area contributed by atoms with Crippen LogP contribution in [0.5, 0.6) is 0 Å². The van der Waals surface area contributed by atoms with Crippen molar-refractivity contribution in [1.82, 2.24) is 5.32 Å². The molecule has 1 nitrogen and oxygen atoms in total. The third kappa shape index (κ3) is 6.01. The maximum Gasteiger partial charge on any atom is 0.0106 e. The van der Waals surface area contributed by atoms with Crippen molar-refractivity contribution in [2.24, 2.45) is 0 Å². The summed E-state index contributed by atoms with van der Waals surface area (Å²) < 4.78 is 0. The van der Waals surface area contributed by atoms with Gasteiger partial charge in [-0.15, -0.1) is 11.8 Å². The van der Waals surface area contributed by atoms with Gasteiger partial charge in [0.25, 0.3) is 0 Å². The average molecular weight is 279 g/mol. The second-order valence-corrected chi connectivity index (χ2v) is 7.26. The molecule has 1 N–H and O–H groups in total. The lowest BCUT2D eigenvalue weighted by molar-refractivity contribution is 0.501. The predicted molar refractivity (Wildman–Crippen MR) is 88.2 cm³/mol. The minimum atomic E-state index is 0.250. The lowest BCUT2D eigenvalue weighted by Crippen LogP contribution is -2.29. The smallest absolute Gasteiger partial charge is 0.0106 e. The second-order valence-electron chi connectivity index (χ2n) is 6.09. The maximum atomic E-state index is 3.60. The average Bonchev–Trinajstić information content (AvgIpc) is 2.38. The lowest BCUT2D eigenvalue weighted by atomic mass is 9.87. The van der Waals surface area contributed by atoms with Gasteiger partial charge in [0.1, 0.15) is 0 Å². The fourth-order valence-corrected chi connectivity index (χ4v) is 2.84. The summed E-state index contributed by atoms with van der Waals surface area (Å²) >= 11 is 1.94. The van der Waals surface area contributed by atoms with Gasteiger partial charge in [-0.05, 0) is 36.0 Å². The summed E-state index contributed by atoms with van der Waals surface area (Å²) in [5.74, 6) is 1.14. The van der Waals surface area contributed by atoms with Gasteiger partial charge >= 0.3 is 0 Å². The molecule has 0 bridgehead atoms. The molecule has 0 spiro atoms. The predicted octanol–water partition coefficient (Wildman–Crippen LogP) is 4.85. The van der Waals surface area contributed by atoms with E-state index in [0.29, 0.717) is 6.04 Å². The molecule has 0 aromatic heterocycles. The van der Waals surface area contributed by atoms with Crippen LogP contribution in [0.25, 0.3) is 0 Å². The first-order valence-electron chi connectivity index (χ1n) is 7.44. The molecule has 108 valence electrons. The van der Waals surface area contributed by atoms with Gasteiger partial charge in [0, 0.05) is 23.2 Å². The minimum absolute atomic E-state index is 0.250.